The second-order valence-corrected chi connectivity index (χ2v) is 8.56. The summed E-state index contributed by atoms with van der Waals surface area (Å²) in [5.74, 6) is -0.00599. The Bertz CT molecular complexity index is 751. The van der Waals surface area contributed by atoms with Crippen molar-refractivity contribution in [2.24, 2.45) is 0 Å². The lowest BCUT2D eigenvalue weighted by Gasteiger charge is -2.18. The summed E-state index contributed by atoms with van der Waals surface area (Å²) < 4.78 is 1.03. The van der Waals surface area contributed by atoms with E-state index < -0.39 is 0 Å². The van der Waals surface area contributed by atoms with Crippen LogP contribution in [-0.4, -0.2) is 12.5 Å². The molecule has 0 fully saturated rings. The quantitative estimate of drug-likeness (QED) is 0.540. The Labute approximate surface area is 164 Å². The van der Waals surface area contributed by atoms with Crippen molar-refractivity contribution < 1.29 is 4.79 Å². The van der Waals surface area contributed by atoms with Crippen molar-refractivity contribution >= 4 is 44.5 Å². The van der Waals surface area contributed by atoms with Crippen molar-refractivity contribution in [3.8, 4) is 0 Å². The molecule has 3 rings (SSSR count). The van der Waals surface area contributed by atoms with Gasteiger partial charge in [-0.25, -0.2) is 0 Å². The summed E-state index contributed by atoms with van der Waals surface area (Å²) in [5.41, 5.74) is 1.09. The highest BCUT2D eigenvalue weighted by atomic mass is 79.9. The molecule has 0 saturated heterocycles. The molecule has 0 aliphatic heterocycles. The number of hydrogen-bond acceptors (Lipinski definition) is 4. The van der Waals surface area contributed by atoms with E-state index in [9.17, 15) is 4.79 Å². The Hall–Kier alpha value is -1.47. The molecule has 2 heterocycles. The molecule has 130 valence electrons. The summed E-state index contributed by atoms with van der Waals surface area (Å²) in [6.45, 7) is 2.28. The van der Waals surface area contributed by atoms with Gasteiger partial charge < -0.3 is 5.32 Å². The minimum Gasteiger partial charge on any atom is -0.348 e. The highest BCUT2D eigenvalue weighted by Crippen LogP contribution is 2.28. The first-order chi connectivity index (χ1) is 12.1. The van der Waals surface area contributed by atoms with Crippen LogP contribution in [-0.2, 0) is 4.79 Å². The van der Waals surface area contributed by atoms with Gasteiger partial charge in [-0.2, -0.15) is 0 Å². The maximum Gasteiger partial charge on any atom is 0.234 e. The van der Waals surface area contributed by atoms with Gasteiger partial charge in [-0.1, -0.05) is 40.2 Å². The van der Waals surface area contributed by atoms with Crippen molar-refractivity contribution in [2.75, 3.05) is 6.54 Å². The third kappa shape index (κ3) is 5.01. The molecule has 0 radical (unpaired) electrons. The van der Waals surface area contributed by atoms with Crippen LogP contribution in [0.4, 0.5) is 0 Å². The van der Waals surface area contributed by atoms with Gasteiger partial charge in [0, 0.05) is 14.2 Å². The SMILES string of the molecule is C[C@@H](NC(=O)CNC(c1cccs1)c1cccs1)c1ccc(Br)cc1. The summed E-state index contributed by atoms with van der Waals surface area (Å²) in [5, 5.41) is 10.6. The average Bonchev–Trinajstić information content (AvgIpc) is 3.29. The Kier molecular flexibility index (Phi) is 6.42. The Morgan fingerprint density at radius 1 is 1.04 bits per heavy atom. The molecule has 6 heteroatoms. The molecule has 2 N–H and O–H groups in total. The highest BCUT2D eigenvalue weighted by Gasteiger charge is 2.17. The van der Waals surface area contributed by atoms with Gasteiger partial charge >= 0.3 is 0 Å². The standard InChI is InChI=1S/C19H19BrN2OS2/c1-13(14-6-8-15(20)9-7-14)22-18(23)12-21-19(16-4-2-10-24-16)17-5-3-11-25-17/h2-11,13,19,21H,12H2,1H3,(H,22,23)/t13-/m1/s1. The Balaban J connectivity index is 1.59. The van der Waals surface area contributed by atoms with Crippen molar-refractivity contribution in [1.29, 1.82) is 0 Å². The molecule has 3 nitrogen and oxygen atoms in total. The van der Waals surface area contributed by atoms with E-state index in [4.69, 9.17) is 0 Å². The monoisotopic (exact) mass is 434 g/mol. The van der Waals surface area contributed by atoms with E-state index in [1.807, 2.05) is 43.3 Å². The topological polar surface area (TPSA) is 41.1 Å². The summed E-state index contributed by atoms with van der Waals surface area (Å²) in [4.78, 5) is 14.8. The second kappa shape index (κ2) is 8.76. The molecule has 0 bridgehead atoms. The average molecular weight is 435 g/mol. The molecule has 0 spiro atoms. The third-order valence-electron chi connectivity index (χ3n) is 3.87. The third-order valence-corrected chi connectivity index (χ3v) is 6.27. The van der Waals surface area contributed by atoms with Gasteiger partial charge in [0.1, 0.15) is 0 Å². The van der Waals surface area contributed by atoms with Crippen LogP contribution in [0.2, 0.25) is 0 Å². The molecule has 2 aromatic heterocycles. The van der Waals surface area contributed by atoms with Crippen molar-refractivity contribution in [1.82, 2.24) is 10.6 Å². The fourth-order valence-corrected chi connectivity index (χ4v) is 4.55. The lowest BCUT2D eigenvalue weighted by atomic mass is 10.1. The van der Waals surface area contributed by atoms with Crippen LogP contribution in [0.3, 0.4) is 0 Å². The Morgan fingerprint density at radius 3 is 2.16 bits per heavy atom. The second-order valence-electron chi connectivity index (χ2n) is 5.69. The van der Waals surface area contributed by atoms with Crippen LogP contribution in [0.5, 0.6) is 0 Å². The summed E-state index contributed by atoms with van der Waals surface area (Å²) in [7, 11) is 0. The molecule has 3 aromatic rings. The van der Waals surface area contributed by atoms with E-state index in [2.05, 4.69) is 49.5 Å². The fourth-order valence-electron chi connectivity index (χ4n) is 2.57. The van der Waals surface area contributed by atoms with Crippen molar-refractivity contribution in [3.63, 3.8) is 0 Å². The lowest BCUT2D eigenvalue weighted by Crippen LogP contribution is -2.37. The number of benzene rings is 1. The number of nitrogens with one attached hydrogen (secondary N) is 2. The van der Waals surface area contributed by atoms with Gasteiger partial charge in [-0.05, 0) is 47.5 Å². The summed E-state index contributed by atoms with van der Waals surface area (Å²) in [6, 6.07) is 16.3. The maximum atomic E-state index is 12.4. The van der Waals surface area contributed by atoms with E-state index in [-0.39, 0.29) is 24.5 Å². The van der Waals surface area contributed by atoms with E-state index in [0.29, 0.717) is 0 Å². The zero-order valence-electron chi connectivity index (χ0n) is 13.7. The van der Waals surface area contributed by atoms with E-state index in [1.54, 1.807) is 22.7 Å². The molecular weight excluding hydrogens is 416 g/mol. The number of carbonyl (C=O) groups is 1. The minimum atomic E-state index is -0.0238. The van der Waals surface area contributed by atoms with Gasteiger partial charge in [-0.15, -0.1) is 22.7 Å². The molecule has 1 amide bonds. The molecule has 0 unspecified atom stereocenters. The van der Waals surface area contributed by atoms with Crippen LogP contribution in [0, 0.1) is 0 Å². The number of carbonyl (C=O) groups excluding carboxylic acids is 1. The van der Waals surface area contributed by atoms with Crippen LogP contribution in [0.15, 0.2) is 63.8 Å². The van der Waals surface area contributed by atoms with Gasteiger partial charge in [-0.3, -0.25) is 10.1 Å². The van der Waals surface area contributed by atoms with Gasteiger partial charge in [0.25, 0.3) is 0 Å². The predicted molar refractivity (Wildman–Crippen MR) is 109 cm³/mol. The number of halogens is 1. The molecule has 0 saturated carbocycles. The molecular formula is C19H19BrN2OS2. The zero-order chi connectivity index (χ0) is 17.6. The number of rotatable bonds is 7. The van der Waals surface area contributed by atoms with Gasteiger partial charge in [0.2, 0.25) is 5.91 Å². The first-order valence-corrected chi connectivity index (χ1v) is 10.5. The van der Waals surface area contributed by atoms with Crippen LogP contribution in [0.25, 0.3) is 0 Å². The Morgan fingerprint density at radius 2 is 1.64 bits per heavy atom. The van der Waals surface area contributed by atoms with Crippen molar-refractivity contribution in [3.05, 3.63) is 79.1 Å². The van der Waals surface area contributed by atoms with E-state index in [0.717, 1.165) is 10.0 Å². The van der Waals surface area contributed by atoms with Crippen LogP contribution < -0.4 is 10.6 Å². The molecule has 0 aliphatic carbocycles. The molecule has 1 aromatic carbocycles. The van der Waals surface area contributed by atoms with Gasteiger partial charge in [0.05, 0.1) is 18.6 Å². The number of hydrogen-bond donors (Lipinski definition) is 2. The first kappa shape index (κ1) is 18.3. The molecule has 25 heavy (non-hydrogen) atoms. The van der Waals surface area contributed by atoms with E-state index in [1.165, 1.54) is 9.75 Å². The number of thiophene rings is 2. The molecule has 0 aliphatic rings. The minimum absolute atomic E-state index is 0.00599. The highest BCUT2D eigenvalue weighted by molar-refractivity contribution is 9.10. The van der Waals surface area contributed by atoms with E-state index >= 15 is 0 Å². The number of amides is 1. The summed E-state index contributed by atoms with van der Waals surface area (Å²) in [6.07, 6.45) is 0. The molecule has 1 atom stereocenters. The largest absolute Gasteiger partial charge is 0.348 e. The van der Waals surface area contributed by atoms with Gasteiger partial charge in [0.15, 0.2) is 0 Å². The predicted octanol–water partition coefficient (Wildman–Crippen LogP) is 5.13. The lowest BCUT2D eigenvalue weighted by molar-refractivity contribution is -0.120. The maximum absolute atomic E-state index is 12.4. The van der Waals surface area contributed by atoms with Crippen LogP contribution in [0.1, 0.15) is 34.3 Å². The zero-order valence-corrected chi connectivity index (χ0v) is 17.0. The fraction of sp³-hybridized carbons (Fsp3) is 0.211. The smallest absolute Gasteiger partial charge is 0.234 e. The van der Waals surface area contributed by atoms with Crippen LogP contribution >= 0.6 is 38.6 Å². The normalized spacial score (nSPS) is 12.3. The summed E-state index contributed by atoms with van der Waals surface area (Å²) >= 11 is 6.83. The van der Waals surface area contributed by atoms with Crippen molar-refractivity contribution in [2.45, 2.75) is 19.0 Å². The first-order valence-electron chi connectivity index (χ1n) is 7.98.